The summed E-state index contributed by atoms with van der Waals surface area (Å²) in [5, 5.41) is 31.1. The molecule has 5 aromatic rings. The van der Waals surface area contributed by atoms with Gasteiger partial charge in [-0.05, 0) is 60.2 Å². The normalized spacial score (nSPS) is 14.5. The molecule has 0 bridgehead atoms. The number of nitrogens with one attached hydrogen (secondary N) is 4. The Balaban J connectivity index is 1.00. The van der Waals surface area contributed by atoms with Gasteiger partial charge >= 0.3 is 6.09 Å². The number of aromatic hydroxyl groups is 1. The van der Waals surface area contributed by atoms with E-state index in [0.717, 1.165) is 65.5 Å². The minimum absolute atomic E-state index is 0.0790. The van der Waals surface area contributed by atoms with Crippen LogP contribution in [0, 0.1) is 0 Å². The summed E-state index contributed by atoms with van der Waals surface area (Å²) in [6.45, 7) is 2.41. The van der Waals surface area contributed by atoms with Crippen molar-refractivity contribution < 1.29 is 33.8 Å². The zero-order valence-electron chi connectivity index (χ0n) is 32.6. The van der Waals surface area contributed by atoms with Gasteiger partial charge in [-0.1, -0.05) is 60.1 Å². The van der Waals surface area contributed by atoms with Crippen LogP contribution in [-0.2, 0) is 22.5 Å². The van der Waals surface area contributed by atoms with E-state index in [-0.39, 0.29) is 41.8 Å². The van der Waals surface area contributed by atoms with Crippen LogP contribution in [0.3, 0.4) is 0 Å². The van der Waals surface area contributed by atoms with Crippen LogP contribution in [0.4, 0.5) is 16.2 Å². The molecule has 1 aliphatic rings. The number of pyridine rings is 1. The van der Waals surface area contributed by atoms with Crippen molar-refractivity contribution in [3.8, 4) is 22.6 Å². The second kappa shape index (κ2) is 18.7. The fourth-order valence-electron chi connectivity index (χ4n) is 7.22. The number of ether oxygens (including phenoxy) is 2. The van der Waals surface area contributed by atoms with Crippen LogP contribution >= 0.6 is 11.6 Å². The number of aromatic nitrogens is 1. The lowest BCUT2D eigenvalue weighted by Crippen LogP contribution is -2.48. The fraction of sp³-hybridized carbons (Fsp3) is 0.341. The van der Waals surface area contributed by atoms with Crippen molar-refractivity contribution in [2.75, 3.05) is 51.5 Å². The van der Waals surface area contributed by atoms with E-state index in [1.807, 2.05) is 42.5 Å². The van der Waals surface area contributed by atoms with Crippen LogP contribution in [0.25, 0.3) is 22.0 Å². The van der Waals surface area contributed by atoms with Crippen LogP contribution in [0.1, 0.15) is 54.9 Å². The van der Waals surface area contributed by atoms with Crippen molar-refractivity contribution in [2.45, 2.75) is 57.3 Å². The lowest BCUT2D eigenvalue weighted by Gasteiger charge is -2.36. The predicted molar refractivity (Wildman–Crippen MR) is 224 cm³/mol. The van der Waals surface area contributed by atoms with Gasteiger partial charge in [0.1, 0.15) is 17.6 Å². The molecule has 0 saturated carbocycles. The number of aryl methyl sites for hydroxylation is 1. The SMILES string of the molecule is COc1cc(NC(=O)CCCCc2ccc(-c3ccccc3)c(NC(=O)OC3CC[N+](C)(C)CC3)c2)c(Cl)cc1CNC[C@@H](O)c1ccc(O)c2[nH]c(=O)ccc12. The van der Waals surface area contributed by atoms with Crippen LogP contribution in [-0.4, -0.2) is 78.6 Å². The number of aliphatic hydroxyl groups excluding tert-OH is 1. The third-order valence-corrected chi connectivity index (χ3v) is 10.8. The molecule has 2 amide bonds. The number of halogens is 1. The van der Waals surface area contributed by atoms with E-state index >= 15 is 0 Å². The van der Waals surface area contributed by atoms with Crippen molar-refractivity contribution in [1.29, 1.82) is 0 Å². The highest BCUT2D eigenvalue weighted by atomic mass is 35.5. The van der Waals surface area contributed by atoms with E-state index in [2.05, 4.69) is 41.1 Å². The maximum atomic E-state index is 13.1. The third kappa shape index (κ3) is 10.9. The van der Waals surface area contributed by atoms with Crippen LogP contribution in [0.15, 0.2) is 89.7 Å². The van der Waals surface area contributed by atoms with E-state index in [0.29, 0.717) is 46.1 Å². The maximum absolute atomic E-state index is 13.1. The number of hydrogen-bond acceptors (Lipinski definition) is 8. The summed E-state index contributed by atoms with van der Waals surface area (Å²) < 4.78 is 12.4. The second-order valence-electron chi connectivity index (χ2n) is 15.2. The predicted octanol–water partition coefficient (Wildman–Crippen LogP) is 7.52. The smallest absolute Gasteiger partial charge is 0.411 e. The number of unbranched alkanes of at least 4 members (excludes halogenated alkanes) is 1. The first kappa shape index (κ1) is 41.2. The average Bonchev–Trinajstić information content (AvgIpc) is 3.19. The summed E-state index contributed by atoms with van der Waals surface area (Å²) in [5.74, 6) is 0.257. The number of likely N-dealkylation sites (tertiary alicyclic amines) is 1. The molecule has 12 nitrogen and oxygen atoms in total. The number of quaternary nitrogens is 1. The van der Waals surface area contributed by atoms with Crippen molar-refractivity contribution >= 4 is 45.9 Å². The average molecular weight is 797 g/mol. The molecule has 1 fully saturated rings. The number of carbonyl (C=O) groups is 2. The Morgan fingerprint density at radius 3 is 2.47 bits per heavy atom. The number of aliphatic hydroxyl groups is 1. The van der Waals surface area contributed by atoms with Gasteiger partial charge in [-0.3, -0.25) is 14.9 Å². The third-order valence-electron chi connectivity index (χ3n) is 10.5. The second-order valence-corrected chi connectivity index (χ2v) is 15.6. The van der Waals surface area contributed by atoms with Crippen LogP contribution in [0.5, 0.6) is 11.5 Å². The molecule has 6 N–H and O–H groups in total. The summed E-state index contributed by atoms with van der Waals surface area (Å²) in [4.78, 5) is 40.4. The molecule has 0 spiro atoms. The molecule has 57 heavy (non-hydrogen) atoms. The van der Waals surface area contributed by atoms with Gasteiger partial charge in [0.15, 0.2) is 0 Å². The van der Waals surface area contributed by atoms with Crippen molar-refractivity contribution in [3.05, 3.63) is 117 Å². The Morgan fingerprint density at radius 2 is 1.72 bits per heavy atom. The number of hydrogen-bond donors (Lipinski definition) is 6. The molecule has 0 unspecified atom stereocenters. The molecule has 2 heterocycles. The lowest BCUT2D eigenvalue weighted by atomic mass is 9.99. The minimum atomic E-state index is -0.936. The first-order valence-corrected chi connectivity index (χ1v) is 19.6. The van der Waals surface area contributed by atoms with Gasteiger partial charge in [0.25, 0.3) is 0 Å². The Labute approximate surface area is 337 Å². The monoisotopic (exact) mass is 796 g/mol. The number of phenolic OH excluding ortho intramolecular Hbond substituents is 1. The number of methoxy groups -OCH3 is 1. The summed E-state index contributed by atoms with van der Waals surface area (Å²) in [7, 11) is 5.92. The van der Waals surface area contributed by atoms with Gasteiger partial charge in [-0.2, -0.15) is 0 Å². The topological polar surface area (TPSA) is 162 Å². The van der Waals surface area contributed by atoms with Gasteiger partial charge in [-0.25, -0.2) is 4.79 Å². The standard InChI is InChI=1S/C44H50ClN5O7/c1-50(2)21-19-31(20-22-50)57-44(55)48-36-23-28(13-14-32(36)29-10-5-4-6-11-29)9-7-8-12-41(53)47-37-25-40(56-3)30(24-35(37)45)26-46-27-39(52)33-15-17-38(51)43-34(33)16-18-42(54)49-43/h4-6,10-11,13-18,23-25,31,39,46,52H,7-9,12,19-22,26-27H2,1-3H3,(H3-,47,48,49,51,53,54,55)/p+1/t39-/m1/s1. The first-order valence-electron chi connectivity index (χ1n) is 19.3. The molecule has 4 aromatic carbocycles. The quantitative estimate of drug-likeness (QED) is 0.0468. The molecular weight excluding hydrogens is 746 g/mol. The number of nitrogens with zero attached hydrogens (tertiary/aromatic N) is 1. The fourth-order valence-corrected chi connectivity index (χ4v) is 7.45. The van der Waals surface area contributed by atoms with E-state index in [9.17, 15) is 24.6 Å². The zero-order valence-corrected chi connectivity index (χ0v) is 33.3. The number of benzene rings is 4. The van der Waals surface area contributed by atoms with Gasteiger partial charge < -0.3 is 39.8 Å². The van der Waals surface area contributed by atoms with Crippen molar-refractivity contribution in [2.24, 2.45) is 0 Å². The number of fused-ring (bicyclic) bond motifs is 1. The molecule has 1 saturated heterocycles. The minimum Gasteiger partial charge on any atom is -0.506 e. The first-order chi connectivity index (χ1) is 27.4. The van der Waals surface area contributed by atoms with Gasteiger partial charge in [0.2, 0.25) is 11.5 Å². The number of phenols is 1. The molecule has 300 valence electrons. The number of anilines is 2. The van der Waals surface area contributed by atoms with Crippen LogP contribution < -0.4 is 26.2 Å². The highest BCUT2D eigenvalue weighted by molar-refractivity contribution is 6.33. The van der Waals surface area contributed by atoms with E-state index in [4.69, 9.17) is 21.1 Å². The number of carbonyl (C=O) groups excluding carboxylic acids is 2. The maximum Gasteiger partial charge on any atom is 0.411 e. The van der Waals surface area contributed by atoms with E-state index in [1.54, 1.807) is 24.3 Å². The number of H-pyrrole nitrogens is 1. The van der Waals surface area contributed by atoms with Gasteiger partial charge in [0, 0.05) is 61.0 Å². The summed E-state index contributed by atoms with van der Waals surface area (Å²) in [6.07, 6.45) is 2.59. The molecule has 1 aliphatic heterocycles. The zero-order chi connectivity index (χ0) is 40.5. The van der Waals surface area contributed by atoms with E-state index in [1.165, 1.54) is 19.2 Å². The molecule has 1 atom stereocenters. The number of piperidine rings is 1. The highest BCUT2D eigenvalue weighted by Gasteiger charge is 2.28. The Kier molecular flexibility index (Phi) is 13.5. The van der Waals surface area contributed by atoms with Crippen molar-refractivity contribution in [3.63, 3.8) is 0 Å². The number of amides is 2. The number of aromatic amines is 1. The Bertz CT molecular complexity index is 2250. The van der Waals surface area contributed by atoms with Gasteiger partial charge in [-0.15, -0.1) is 0 Å². The molecule has 6 rings (SSSR count). The van der Waals surface area contributed by atoms with E-state index < -0.39 is 12.2 Å². The molecule has 1 aromatic heterocycles. The Morgan fingerprint density at radius 1 is 0.947 bits per heavy atom. The number of rotatable bonds is 15. The summed E-state index contributed by atoms with van der Waals surface area (Å²) in [6, 6.07) is 25.4. The summed E-state index contributed by atoms with van der Waals surface area (Å²) >= 11 is 6.61. The Hall–Kier alpha value is -5.40. The summed E-state index contributed by atoms with van der Waals surface area (Å²) in [5.41, 5.74) is 5.25. The molecule has 13 heteroatoms. The molecule has 0 radical (unpaired) electrons. The van der Waals surface area contributed by atoms with Crippen molar-refractivity contribution in [1.82, 2.24) is 10.3 Å². The van der Waals surface area contributed by atoms with Gasteiger partial charge in [0.05, 0.1) is 62.3 Å². The highest BCUT2D eigenvalue weighted by Crippen LogP contribution is 2.33. The van der Waals surface area contributed by atoms with Crippen LogP contribution in [0.2, 0.25) is 5.02 Å². The largest absolute Gasteiger partial charge is 0.506 e. The molecular formula is C44H51ClN5O7+. The molecule has 0 aliphatic carbocycles. The lowest BCUT2D eigenvalue weighted by molar-refractivity contribution is -0.896.